The fourth-order valence-electron chi connectivity index (χ4n) is 3.26. The van der Waals surface area contributed by atoms with E-state index >= 15 is 0 Å². The number of hydrogen-bond donors (Lipinski definition) is 1. The van der Waals surface area contributed by atoms with Crippen molar-refractivity contribution in [2.75, 3.05) is 26.2 Å². The molecule has 0 radical (unpaired) electrons. The molecule has 1 N–H and O–H groups in total. The summed E-state index contributed by atoms with van der Waals surface area (Å²) < 4.78 is 0. The van der Waals surface area contributed by atoms with E-state index in [2.05, 4.69) is 17.1 Å². The van der Waals surface area contributed by atoms with Crippen LogP contribution in [0.1, 0.15) is 71.1 Å². The largest absolute Gasteiger partial charge is 0.313 e. The molecule has 1 saturated carbocycles. The number of nitrogens with one attached hydrogen (secondary N) is 1. The molecule has 2 nitrogen and oxygen atoms in total. The lowest BCUT2D eigenvalue weighted by atomic mass is 10.1. The van der Waals surface area contributed by atoms with Crippen molar-refractivity contribution < 1.29 is 0 Å². The lowest BCUT2D eigenvalue weighted by Gasteiger charge is -2.25. The van der Waals surface area contributed by atoms with Crippen LogP contribution in [0.15, 0.2) is 0 Å². The van der Waals surface area contributed by atoms with Crippen molar-refractivity contribution in [1.29, 1.82) is 0 Å². The summed E-state index contributed by atoms with van der Waals surface area (Å²) in [6.45, 7) is 7.59. The maximum absolute atomic E-state index is 3.66. The smallest absolute Gasteiger partial charge is 0.0195 e. The molecule has 0 aromatic rings. The topological polar surface area (TPSA) is 15.3 Å². The van der Waals surface area contributed by atoms with Crippen molar-refractivity contribution in [1.82, 2.24) is 10.2 Å². The molecule has 1 aliphatic heterocycles. The Morgan fingerprint density at radius 2 is 1.74 bits per heavy atom. The van der Waals surface area contributed by atoms with Gasteiger partial charge in [0.05, 0.1) is 0 Å². The fourth-order valence-corrected chi connectivity index (χ4v) is 3.26. The third-order valence-electron chi connectivity index (χ3n) is 4.68. The van der Waals surface area contributed by atoms with Gasteiger partial charge in [-0.05, 0) is 51.1 Å². The summed E-state index contributed by atoms with van der Waals surface area (Å²) in [7, 11) is 0. The average molecular weight is 266 g/mol. The van der Waals surface area contributed by atoms with Crippen LogP contribution >= 0.6 is 0 Å². The quantitative estimate of drug-likeness (QED) is 0.572. The third-order valence-corrected chi connectivity index (χ3v) is 4.68. The van der Waals surface area contributed by atoms with Crippen LogP contribution in [0.25, 0.3) is 0 Å². The van der Waals surface area contributed by atoms with E-state index in [9.17, 15) is 0 Å². The summed E-state index contributed by atoms with van der Waals surface area (Å²) in [5.74, 6) is 1.04. The second-order valence-corrected chi connectivity index (χ2v) is 6.76. The molecule has 112 valence electrons. The predicted molar refractivity (Wildman–Crippen MR) is 83.6 cm³/mol. The summed E-state index contributed by atoms with van der Waals surface area (Å²) >= 11 is 0. The third kappa shape index (κ3) is 6.76. The fraction of sp³-hybridized carbons (Fsp3) is 1.00. The van der Waals surface area contributed by atoms with E-state index in [4.69, 9.17) is 0 Å². The van der Waals surface area contributed by atoms with Crippen molar-refractivity contribution >= 4 is 0 Å². The van der Waals surface area contributed by atoms with Gasteiger partial charge < -0.3 is 10.2 Å². The van der Waals surface area contributed by atoms with Crippen molar-refractivity contribution in [2.24, 2.45) is 5.92 Å². The first-order valence-corrected chi connectivity index (χ1v) is 8.84. The Kier molecular flexibility index (Phi) is 7.23. The summed E-state index contributed by atoms with van der Waals surface area (Å²) in [6.07, 6.45) is 14.3. The van der Waals surface area contributed by atoms with E-state index in [1.165, 1.54) is 90.4 Å². The van der Waals surface area contributed by atoms with E-state index in [1.54, 1.807) is 0 Å². The van der Waals surface area contributed by atoms with Crippen LogP contribution < -0.4 is 5.32 Å². The van der Waals surface area contributed by atoms with E-state index in [0.717, 1.165) is 12.0 Å². The molecule has 1 heterocycles. The molecule has 0 aromatic heterocycles. The van der Waals surface area contributed by atoms with Gasteiger partial charge in [-0.3, -0.25) is 0 Å². The first-order valence-electron chi connectivity index (χ1n) is 8.84. The second-order valence-electron chi connectivity index (χ2n) is 6.76. The maximum Gasteiger partial charge on any atom is 0.0195 e. The maximum atomic E-state index is 3.66. The highest BCUT2D eigenvalue weighted by Gasteiger charge is 2.26. The van der Waals surface area contributed by atoms with Gasteiger partial charge in [0.1, 0.15) is 0 Å². The SMILES string of the molecule is CCCCCCCCN(CC1CC1)CC1CCCN1. The van der Waals surface area contributed by atoms with Crippen LogP contribution in [-0.2, 0) is 0 Å². The summed E-state index contributed by atoms with van der Waals surface area (Å²) in [4.78, 5) is 2.76. The number of rotatable bonds is 11. The van der Waals surface area contributed by atoms with Crippen LogP contribution in [0.5, 0.6) is 0 Å². The molecular formula is C17H34N2. The number of nitrogens with zero attached hydrogens (tertiary/aromatic N) is 1. The van der Waals surface area contributed by atoms with Crippen LogP contribution in [0, 0.1) is 5.92 Å². The normalized spacial score (nSPS) is 23.4. The van der Waals surface area contributed by atoms with Gasteiger partial charge in [0, 0.05) is 19.1 Å². The van der Waals surface area contributed by atoms with Gasteiger partial charge >= 0.3 is 0 Å². The highest BCUT2D eigenvalue weighted by molar-refractivity contribution is 4.82. The Morgan fingerprint density at radius 1 is 0.947 bits per heavy atom. The Labute approximate surface area is 120 Å². The van der Waals surface area contributed by atoms with Crippen molar-refractivity contribution in [3.63, 3.8) is 0 Å². The molecule has 0 spiro atoms. The molecule has 0 amide bonds. The van der Waals surface area contributed by atoms with E-state index in [1.807, 2.05) is 0 Å². The summed E-state index contributed by atoms with van der Waals surface area (Å²) in [5.41, 5.74) is 0. The Balaban J connectivity index is 1.56. The Morgan fingerprint density at radius 3 is 2.42 bits per heavy atom. The van der Waals surface area contributed by atoms with Crippen molar-refractivity contribution in [3.8, 4) is 0 Å². The lowest BCUT2D eigenvalue weighted by molar-refractivity contribution is 0.234. The Bertz CT molecular complexity index is 219. The molecule has 2 rings (SSSR count). The molecule has 19 heavy (non-hydrogen) atoms. The Hall–Kier alpha value is -0.0800. The van der Waals surface area contributed by atoms with Crippen LogP contribution in [0.4, 0.5) is 0 Å². The molecule has 1 unspecified atom stereocenters. The van der Waals surface area contributed by atoms with Crippen LogP contribution in [-0.4, -0.2) is 37.1 Å². The highest BCUT2D eigenvalue weighted by Crippen LogP contribution is 2.30. The molecule has 2 fully saturated rings. The molecule has 1 saturated heterocycles. The van der Waals surface area contributed by atoms with Gasteiger partial charge in [-0.25, -0.2) is 0 Å². The molecule has 0 bridgehead atoms. The molecule has 1 aliphatic carbocycles. The second kappa shape index (κ2) is 8.97. The van der Waals surface area contributed by atoms with Crippen LogP contribution in [0.3, 0.4) is 0 Å². The zero-order chi connectivity index (χ0) is 13.3. The minimum Gasteiger partial charge on any atom is -0.313 e. The summed E-state index contributed by atoms with van der Waals surface area (Å²) in [5, 5.41) is 3.66. The number of unbranched alkanes of at least 4 members (excludes halogenated alkanes) is 5. The minimum absolute atomic E-state index is 0.791. The van der Waals surface area contributed by atoms with Crippen LogP contribution in [0.2, 0.25) is 0 Å². The summed E-state index contributed by atoms with van der Waals surface area (Å²) in [6, 6.07) is 0.791. The first-order chi connectivity index (χ1) is 9.38. The zero-order valence-electron chi connectivity index (χ0n) is 13.0. The van der Waals surface area contributed by atoms with Gasteiger partial charge in [-0.2, -0.15) is 0 Å². The predicted octanol–water partition coefficient (Wildman–Crippen LogP) is 3.81. The van der Waals surface area contributed by atoms with Gasteiger partial charge in [0.15, 0.2) is 0 Å². The van der Waals surface area contributed by atoms with Crippen molar-refractivity contribution in [3.05, 3.63) is 0 Å². The van der Waals surface area contributed by atoms with Gasteiger partial charge in [0.25, 0.3) is 0 Å². The van der Waals surface area contributed by atoms with E-state index in [-0.39, 0.29) is 0 Å². The molecular weight excluding hydrogens is 232 g/mol. The average Bonchev–Trinajstić information content (AvgIpc) is 3.07. The minimum atomic E-state index is 0.791. The zero-order valence-corrected chi connectivity index (χ0v) is 13.0. The first kappa shape index (κ1) is 15.3. The van der Waals surface area contributed by atoms with Gasteiger partial charge in [-0.15, -0.1) is 0 Å². The lowest BCUT2D eigenvalue weighted by Crippen LogP contribution is -2.39. The van der Waals surface area contributed by atoms with Gasteiger partial charge in [0.2, 0.25) is 0 Å². The monoisotopic (exact) mass is 266 g/mol. The highest BCUT2D eigenvalue weighted by atomic mass is 15.2. The molecule has 2 aliphatic rings. The number of hydrogen-bond acceptors (Lipinski definition) is 2. The van der Waals surface area contributed by atoms with Crippen molar-refractivity contribution in [2.45, 2.75) is 77.2 Å². The van der Waals surface area contributed by atoms with E-state index in [0.29, 0.717) is 0 Å². The molecule has 0 aromatic carbocycles. The van der Waals surface area contributed by atoms with E-state index < -0.39 is 0 Å². The molecule has 1 atom stereocenters. The molecule has 2 heteroatoms. The van der Waals surface area contributed by atoms with Gasteiger partial charge in [-0.1, -0.05) is 39.0 Å². The standard InChI is InChI=1S/C17H34N2/c1-2-3-4-5-6-7-13-19(14-16-10-11-16)15-17-9-8-12-18-17/h16-18H,2-15H2,1H3.